The van der Waals surface area contributed by atoms with E-state index in [4.69, 9.17) is 10.00 Å². The Kier molecular flexibility index (Phi) is 2.63. The summed E-state index contributed by atoms with van der Waals surface area (Å²) in [6, 6.07) is 8.30. The van der Waals surface area contributed by atoms with Crippen LogP contribution in [0.2, 0.25) is 0 Å². The third-order valence-corrected chi connectivity index (χ3v) is 5.06. The van der Waals surface area contributed by atoms with Crippen molar-refractivity contribution in [3.8, 4) is 6.07 Å². The number of aliphatic hydroxyl groups is 1. The lowest BCUT2D eigenvalue weighted by Gasteiger charge is -2.26. The highest BCUT2D eigenvalue weighted by molar-refractivity contribution is 6.23. The van der Waals surface area contributed by atoms with Gasteiger partial charge in [0.2, 0.25) is 11.8 Å². The number of hydrogen-bond donors (Lipinski definition) is 1. The molecule has 1 aromatic carbocycles. The molecule has 3 aliphatic rings. The summed E-state index contributed by atoms with van der Waals surface area (Å²) in [6.07, 6.45) is 3.46. The smallest absolute Gasteiger partial charge is 0.241 e. The second-order valence-electron chi connectivity index (χ2n) is 6.36. The molecule has 2 amide bonds. The lowest BCUT2D eigenvalue weighted by molar-refractivity contribution is -0.131. The van der Waals surface area contributed by atoms with Crippen LogP contribution in [0.1, 0.15) is 12.5 Å². The fourth-order valence-corrected chi connectivity index (χ4v) is 3.98. The SMILES string of the molecule is C[C@]12C=C[C@@](CO)(O1)[C@@H]1C(=O)N(c3ccc(C#N)cc3)C(=O)[C@@H]12. The first-order valence-corrected chi connectivity index (χ1v) is 7.35. The lowest BCUT2D eigenvalue weighted by atomic mass is 9.73. The third-order valence-electron chi connectivity index (χ3n) is 5.06. The van der Waals surface area contributed by atoms with Gasteiger partial charge < -0.3 is 9.84 Å². The van der Waals surface area contributed by atoms with E-state index in [0.29, 0.717) is 11.3 Å². The van der Waals surface area contributed by atoms with Crippen molar-refractivity contribution in [1.82, 2.24) is 0 Å². The van der Waals surface area contributed by atoms with Gasteiger partial charge in [0.05, 0.1) is 41.4 Å². The molecule has 6 nitrogen and oxygen atoms in total. The van der Waals surface area contributed by atoms with Gasteiger partial charge in [-0.2, -0.15) is 5.26 Å². The number of aliphatic hydroxyl groups excluding tert-OH is 1. The molecule has 0 aliphatic carbocycles. The Balaban J connectivity index is 1.78. The number of carbonyl (C=O) groups is 2. The Hall–Kier alpha value is -2.49. The van der Waals surface area contributed by atoms with Crippen molar-refractivity contribution in [2.75, 3.05) is 11.5 Å². The number of nitrogens with zero attached hydrogens (tertiary/aromatic N) is 2. The molecule has 6 heteroatoms. The highest BCUT2D eigenvalue weighted by Crippen LogP contribution is 2.57. The zero-order chi connectivity index (χ0) is 16.4. The number of benzene rings is 1. The standard InChI is InChI=1S/C17H14N2O4/c1-16-6-7-17(9-20,23-16)13-12(16)14(21)19(15(13)22)11-4-2-10(8-18)3-5-11/h2-7,12-13,20H,9H2,1H3/t12-,13+,16-,17+/m1/s1. The summed E-state index contributed by atoms with van der Waals surface area (Å²) in [4.78, 5) is 26.9. The van der Waals surface area contributed by atoms with E-state index in [9.17, 15) is 14.7 Å². The fourth-order valence-electron chi connectivity index (χ4n) is 3.98. The third kappa shape index (κ3) is 1.58. The van der Waals surface area contributed by atoms with E-state index in [2.05, 4.69) is 0 Å². The van der Waals surface area contributed by atoms with Gasteiger partial charge in [0, 0.05) is 0 Å². The Morgan fingerprint density at radius 1 is 1.22 bits per heavy atom. The van der Waals surface area contributed by atoms with Gasteiger partial charge >= 0.3 is 0 Å². The van der Waals surface area contributed by atoms with E-state index in [1.54, 1.807) is 43.3 Å². The minimum absolute atomic E-state index is 0.327. The zero-order valence-corrected chi connectivity index (χ0v) is 12.4. The highest BCUT2D eigenvalue weighted by Gasteiger charge is 2.72. The summed E-state index contributed by atoms with van der Waals surface area (Å²) in [6.45, 7) is 1.42. The number of carbonyl (C=O) groups excluding carboxylic acids is 2. The van der Waals surface area contributed by atoms with Gasteiger partial charge in [0.25, 0.3) is 0 Å². The number of amides is 2. The first-order valence-electron chi connectivity index (χ1n) is 7.35. The molecule has 3 aliphatic heterocycles. The van der Waals surface area contributed by atoms with Crippen LogP contribution >= 0.6 is 0 Å². The van der Waals surface area contributed by atoms with Crippen LogP contribution in [0, 0.1) is 23.2 Å². The Labute approximate surface area is 132 Å². The minimum Gasteiger partial charge on any atom is -0.393 e. The van der Waals surface area contributed by atoms with E-state index >= 15 is 0 Å². The van der Waals surface area contributed by atoms with Crippen molar-refractivity contribution in [3.63, 3.8) is 0 Å². The van der Waals surface area contributed by atoms with Gasteiger partial charge in [-0.25, -0.2) is 4.90 Å². The average molecular weight is 310 g/mol. The van der Waals surface area contributed by atoms with Crippen molar-refractivity contribution < 1.29 is 19.4 Å². The molecular weight excluding hydrogens is 296 g/mol. The van der Waals surface area contributed by atoms with E-state index in [1.165, 1.54) is 0 Å². The summed E-state index contributed by atoms with van der Waals surface area (Å²) in [7, 11) is 0. The number of nitriles is 1. The second-order valence-corrected chi connectivity index (χ2v) is 6.36. The van der Waals surface area contributed by atoms with Crippen molar-refractivity contribution in [2.45, 2.75) is 18.1 Å². The molecule has 3 heterocycles. The molecule has 2 saturated heterocycles. The number of hydrogen-bond acceptors (Lipinski definition) is 5. The van der Waals surface area contributed by atoms with Crippen molar-refractivity contribution >= 4 is 17.5 Å². The molecule has 4 atom stereocenters. The predicted octanol–water partition coefficient (Wildman–Crippen LogP) is 0.754. The van der Waals surface area contributed by atoms with Gasteiger partial charge in [-0.05, 0) is 31.2 Å². The zero-order valence-electron chi connectivity index (χ0n) is 12.4. The van der Waals surface area contributed by atoms with Crippen molar-refractivity contribution in [2.24, 2.45) is 11.8 Å². The topological polar surface area (TPSA) is 90.6 Å². The van der Waals surface area contributed by atoms with Gasteiger partial charge in [0.1, 0.15) is 5.60 Å². The van der Waals surface area contributed by atoms with Gasteiger partial charge in [0.15, 0.2) is 0 Å². The number of rotatable bonds is 2. The van der Waals surface area contributed by atoms with E-state index in [1.807, 2.05) is 6.07 Å². The molecule has 2 bridgehead atoms. The van der Waals surface area contributed by atoms with Gasteiger partial charge in [-0.1, -0.05) is 12.2 Å². The number of imide groups is 1. The Morgan fingerprint density at radius 2 is 1.87 bits per heavy atom. The fraction of sp³-hybridized carbons (Fsp3) is 0.353. The van der Waals surface area contributed by atoms with Gasteiger partial charge in [-0.3, -0.25) is 9.59 Å². The molecular formula is C17H14N2O4. The molecule has 1 N–H and O–H groups in total. The molecule has 0 unspecified atom stereocenters. The molecule has 0 spiro atoms. The quantitative estimate of drug-likeness (QED) is 0.643. The lowest BCUT2D eigenvalue weighted by Crippen LogP contribution is -2.43. The maximum atomic E-state index is 12.9. The maximum absolute atomic E-state index is 12.9. The van der Waals surface area contributed by atoms with Crippen molar-refractivity contribution in [3.05, 3.63) is 42.0 Å². The largest absolute Gasteiger partial charge is 0.393 e. The molecule has 116 valence electrons. The second kappa shape index (κ2) is 4.28. The molecule has 0 saturated carbocycles. The van der Waals surface area contributed by atoms with Crippen LogP contribution in [-0.4, -0.2) is 34.7 Å². The van der Waals surface area contributed by atoms with Crippen LogP contribution in [0.25, 0.3) is 0 Å². The summed E-state index contributed by atoms with van der Waals surface area (Å²) < 4.78 is 5.85. The first kappa shape index (κ1) is 14.1. The van der Waals surface area contributed by atoms with Crippen LogP contribution in [0.3, 0.4) is 0 Å². The molecule has 2 fully saturated rings. The summed E-state index contributed by atoms with van der Waals surface area (Å²) in [5.41, 5.74) is -1.10. The molecule has 0 radical (unpaired) electrons. The summed E-state index contributed by atoms with van der Waals surface area (Å²) in [5, 5.41) is 18.6. The Bertz CT molecular complexity index is 794. The van der Waals surface area contributed by atoms with E-state index in [-0.39, 0.29) is 18.4 Å². The van der Waals surface area contributed by atoms with Crippen LogP contribution in [0.5, 0.6) is 0 Å². The van der Waals surface area contributed by atoms with Crippen LogP contribution in [0.4, 0.5) is 5.69 Å². The van der Waals surface area contributed by atoms with Crippen LogP contribution < -0.4 is 4.90 Å². The number of anilines is 1. The highest BCUT2D eigenvalue weighted by atomic mass is 16.5. The van der Waals surface area contributed by atoms with Crippen LogP contribution in [0.15, 0.2) is 36.4 Å². The average Bonchev–Trinajstić information content (AvgIpc) is 3.14. The molecule has 23 heavy (non-hydrogen) atoms. The predicted molar refractivity (Wildman–Crippen MR) is 79.1 cm³/mol. The molecule has 0 aromatic heterocycles. The number of ether oxygens (including phenoxy) is 1. The maximum Gasteiger partial charge on any atom is 0.241 e. The monoisotopic (exact) mass is 310 g/mol. The summed E-state index contributed by atoms with van der Waals surface area (Å²) in [5.74, 6) is -2.05. The van der Waals surface area contributed by atoms with E-state index in [0.717, 1.165) is 4.90 Å². The number of fused-ring (bicyclic) bond motifs is 5. The van der Waals surface area contributed by atoms with Crippen molar-refractivity contribution in [1.29, 1.82) is 5.26 Å². The molecule has 4 rings (SSSR count). The van der Waals surface area contributed by atoms with Gasteiger partial charge in [-0.15, -0.1) is 0 Å². The minimum atomic E-state index is -1.12. The first-order chi connectivity index (χ1) is 11.0. The molecule has 1 aromatic rings. The summed E-state index contributed by atoms with van der Waals surface area (Å²) >= 11 is 0. The van der Waals surface area contributed by atoms with E-state index < -0.39 is 23.0 Å². The normalized spacial score (nSPS) is 37.3. The Morgan fingerprint density at radius 3 is 2.48 bits per heavy atom. The van der Waals surface area contributed by atoms with Crippen LogP contribution in [-0.2, 0) is 14.3 Å².